The Morgan fingerprint density at radius 3 is 2.52 bits per heavy atom. The van der Waals surface area contributed by atoms with Gasteiger partial charge in [0.1, 0.15) is 5.60 Å². The van der Waals surface area contributed by atoms with E-state index in [1.54, 1.807) is 0 Å². The van der Waals surface area contributed by atoms with Crippen LogP contribution in [0.5, 0.6) is 0 Å². The summed E-state index contributed by atoms with van der Waals surface area (Å²) in [6.07, 6.45) is 1.80. The lowest BCUT2D eigenvalue weighted by Gasteiger charge is -2.44. The van der Waals surface area contributed by atoms with Crippen molar-refractivity contribution in [3.8, 4) is 0 Å². The Bertz CT molecular complexity index is 611. The largest absolute Gasteiger partial charge is 0.444 e. The average molecular weight is 365 g/mol. The number of rotatable bonds is 2. The molecule has 0 bridgehead atoms. The minimum atomic E-state index is -0.470. The van der Waals surface area contributed by atoms with Crippen LogP contribution in [0.15, 0.2) is 24.3 Å². The van der Waals surface area contributed by atoms with Crippen LogP contribution < -0.4 is 0 Å². The van der Waals surface area contributed by atoms with Gasteiger partial charge in [0, 0.05) is 30.7 Å². The van der Waals surface area contributed by atoms with Gasteiger partial charge in [0.15, 0.2) is 0 Å². The predicted octanol–water partition coefficient (Wildman–Crippen LogP) is 4.21. The van der Waals surface area contributed by atoms with E-state index in [4.69, 9.17) is 16.3 Å². The second kappa shape index (κ2) is 7.16. The molecular weight excluding hydrogens is 336 g/mol. The second-order valence-electron chi connectivity index (χ2n) is 8.57. The van der Waals surface area contributed by atoms with Gasteiger partial charge in [0.2, 0.25) is 0 Å². The minimum Gasteiger partial charge on any atom is -0.444 e. The minimum absolute atomic E-state index is 0.137. The van der Waals surface area contributed by atoms with Gasteiger partial charge in [-0.3, -0.25) is 4.90 Å². The molecular formula is C20H29ClN2O2. The maximum absolute atomic E-state index is 12.8. The topological polar surface area (TPSA) is 32.8 Å². The molecule has 0 aliphatic carbocycles. The molecule has 1 amide bonds. The zero-order valence-electron chi connectivity index (χ0n) is 15.7. The highest BCUT2D eigenvalue weighted by Gasteiger charge is 2.41. The quantitative estimate of drug-likeness (QED) is 0.787. The fourth-order valence-electron chi connectivity index (χ4n) is 4.01. The number of halogens is 1. The van der Waals surface area contributed by atoms with Crippen molar-refractivity contribution in [2.24, 2.45) is 5.92 Å². The van der Waals surface area contributed by atoms with Crippen molar-refractivity contribution in [1.29, 1.82) is 0 Å². The Balaban J connectivity index is 1.77. The summed E-state index contributed by atoms with van der Waals surface area (Å²) in [5.74, 6) is 0.694. The van der Waals surface area contributed by atoms with Crippen molar-refractivity contribution in [1.82, 2.24) is 9.80 Å². The van der Waals surface area contributed by atoms with Crippen LogP contribution in [0, 0.1) is 5.92 Å². The number of hydrogen-bond acceptors (Lipinski definition) is 3. The lowest BCUT2D eigenvalue weighted by molar-refractivity contribution is -0.00856. The van der Waals surface area contributed by atoms with Gasteiger partial charge in [-0.1, -0.05) is 30.7 Å². The van der Waals surface area contributed by atoms with Gasteiger partial charge in [0.05, 0.1) is 6.04 Å². The number of nitrogens with zero attached hydrogens (tertiary/aromatic N) is 2. The van der Waals surface area contributed by atoms with E-state index >= 15 is 0 Å². The van der Waals surface area contributed by atoms with Gasteiger partial charge in [-0.05, 0) is 57.2 Å². The van der Waals surface area contributed by atoms with Crippen molar-refractivity contribution < 1.29 is 9.53 Å². The Hall–Kier alpha value is -1.26. The van der Waals surface area contributed by atoms with Crippen LogP contribution in [0.2, 0.25) is 5.02 Å². The van der Waals surface area contributed by atoms with E-state index in [0.29, 0.717) is 12.0 Å². The molecule has 0 aromatic heterocycles. The van der Waals surface area contributed by atoms with Crippen molar-refractivity contribution >= 4 is 17.7 Å². The summed E-state index contributed by atoms with van der Waals surface area (Å²) in [5.41, 5.74) is 0.732. The molecule has 2 saturated heterocycles. The molecule has 4 nitrogen and oxygen atoms in total. The molecule has 2 fully saturated rings. The number of hydrogen-bond donors (Lipinski definition) is 0. The van der Waals surface area contributed by atoms with Gasteiger partial charge in [-0.25, -0.2) is 4.79 Å². The van der Waals surface area contributed by atoms with E-state index in [9.17, 15) is 4.79 Å². The normalized spacial score (nSPS) is 27.2. The molecule has 25 heavy (non-hydrogen) atoms. The van der Waals surface area contributed by atoms with Gasteiger partial charge >= 0.3 is 6.09 Å². The molecule has 5 heteroatoms. The first-order valence-corrected chi connectivity index (χ1v) is 9.57. The van der Waals surface area contributed by atoms with Crippen LogP contribution in [-0.4, -0.2) is 53.2 Å². The van der Waals surface area contributed by atoms with Gasteiger partial charge in [0.25, 0.3) is 0 Å². The predicted molar refractivity (Wildman–Crippen MR) is 101 cm³/mol. The third-order valence-electron chi connectivity index (χ3n) is 5.04. The van der Waals surface area contributed by atoms with Crippen LogP contribution in [0.4, 0.5) is 4.79 Å². The summed E-state index contributed by atoms with van der Waals surface area (Å²) in [6.45, 7) is 10.9. The third kappa shape index (κ3) is 4.68. The Labute approximate surface area is 156 Å². The molecule has 0 N–H and O–H groups in total. The standard InChI is InChI=1S/C20H29ClN2O2/c1-14-9-17-13-23(19(24)25-20(2,3)4)18(12-22(17)11-14)10-15-5-7-16(21)8-6-15/h5-8,14,17-18H,9-13H2,1-4H3/t14-,17+,18+/m1/s1. The summed E-state index contributed by atoms with van der Waals surface area (Å²) in [7, 11) is 0. The summed E-state index contributed by atoms with van der Waals surface area (Å²) in [4.78, 5) is 17.3. The SMILES string of the molecule is C[C@@H]1C[C@H]2CN(C(=O)OC(C)(C)C)[C@@H](Cc3ccc(Cl)cc3)CN2C1. The van der Waals surface area contributed by atoms with E-state index in [1.807, 2.05) is 49.9 Å². The summed E-state index contributed by atoms with van der Waals surface area (Å²) < 4.78 is 5.69. The molecule has 0 saturated carbocycles. The lowest BCUT2D eigenvalue weighted by Crippen LogP contribution is -2.59. The number of piperazine rings is 1. The summed E-state index contributed by atoms with van der Waals surface area (Å²) >= 11 is 6.00. The van der Waals surface area contributed by atoms with E-state index in [1.165, 1.54) is 5.56 Å². The van der Waals surface area contributed by atoms with Crippen molar-refractivity contribution in [3.63, 3.8) is 0 Å². The highest BCUT2D eigenvalue weighted by atomic mass is 35.5. The maximum atomic E-state index is 12.8. The Kier molecular flexibility index (Phi) is 5.31. The molecule has 2 aliphatic heterocycles. The van der Waals surface area contributed by atoms with Crippen molar-refractivity contribution in [2.75, 3.05) is 19.6 Å². The molecule has 0 spiro atoms. The van der Waals surface area contributed by atoms with Crippen LogP contribution in [0.3, 0.4) is 0 Å². The molecule has 1 aromatic carbocycles. The van der Waals surface area contributed by atoms with E-state index in [0.717, 1.165) is 37.5 Å². The highest BCUT2D eigenvalue weighted by Crippen LogP contribution is 2.30. The van der Waals surface area contributed by atoms with Crippen LogP contribution >= 0.6 is 11.6 Å². The molecule has 138 valence electrons. The molecule has 0 radical (unpaired) electrons. The fraction of sp³-hybridized carbons (Fsp3) is 0.650. The first kappa shape index (κ1) is 18.5. The fourth-order valence-corrected chi connectivity index (χ4v) is 4.13. The number of amides is 1. The second-order valence-corrected chi connectivity index (χ2v) is 9.00. The van der Waals surface area contributed by atoms with Crippen LogP contribution in [0.1, 0.15) is 39.7 Å². The van der Waals surface area contributed by atoms with Gasteiger partial charge in [-0.15, -0.1) is 0 Å². The third-order valence-corrected chi connectivity index (χ3v) is 5.30. The number of benzene rings is 1. The average Bonchev–Trinajstić information content (AvgIpc) is 2.86. The van der Waals surface area contributed by atoms with E-state index < -0.39 is 5.60 Å². The number of ether oxygens (including phenoxy) is 1. The summed E-state index contributed by atoms with van der Waals surface area (Å²) in [5, 5.41) is 0.741. The Morgan fingerprint density at radius 2 is 1.88 bits per heavy atom. The maximum Gasteiger partial charge on any atom is 0.410 e. The number of carbonyl (C=O) groups is 1. The summed E-state index contributed by atoms with van der Waals surface area (Å²) in [6, 6.07) is 8.53. The molecule has 2 heterocycles. The number of fused-ring (bicyclic) bond motifs is 1. The molecule has 2 aliphatic rings. The van der Waals surface area contributed by atoms with Gasteiger partial charge < -0.3 is 9.64 Å². The highest BCUT2D eigenvalue weighted by molar-refractivity contribution is 6.30. The first-order valence-electron chi connectivity index (χ1n) is 9.19. The van der Waals surface area contributed by atoms with Gasteiger partial charge in [-0.2, -0.15) is 0 Å². The Morgan fingerprint density at radius 1 is 1.20 bits per heavy atom. The van der Waals surface area contributed by atoms with Crippen LogP contribution in [0.25, 0.3) is 0 Å². The van der Waals surface area contributed by atoms with Crippen LogP contribution in [-0.2, 0) is 11.2 Å². The lowest BCUT2D eigenvalue weighted by atomic mass is 10.00. The zero-order valence-corrected chi connectivity index (χ0v) is 16.4. The van der Waals surface area contributed by atoms with E-state index in [-0.39, 0.29) is 12.1 Å². The van der Waals surface area contributed by atoms with Crippen molar-refractivity contribution in [3.05, 3.63) is 34.9 Å². The smallest absolute Gasteiger partial charge is 0.410 e. The monoisotopic (exact) mass is 364 g/mol. The molecule has 0 unspecified atom stereocenters. The first-order chi connectivity index (χ1) is 11.7. The van der Waals surface area contributed by atoms with Crippen molar-refractivity contribution in [2.45, 2.75) is 58.2 Å². The molecule has 3 atom stereocenters. The molecule has 1 aromatic rings. The zero-order chi connectivity index (χ0) is 18.2. The molecule has 3 rings (SSSR count). The van der Waals surface area contributed by atoms with E-state index in [2.05, 4.69) is 11.8 Å². The number of carbonyl (C=O) groups excluding carboxylic acids is 1.